The first-order valence-corrected chi connectivity index (χ1v) is 6.76. The highest BCUT2D eigenvalue weighted by atomic mass is 35.5. The van der Waals surface area contributed by atoms with E-state index in [1.807, 2.05) is 30.8 Å². The predicted molar refractivity (Wildman–Crippen MR) is 71.6 cm³/mol. The Balaban J connectivity index is 2.41. The molecule has 1 heterocycles. The highest BCUT2D eigenvalue weighted by molar-refractivity contribution is 6.19. The summed E-state index contributed by atoms with van der Waals surface area (Å²) in [5.41, 5.74) is 0. The van der Waals surface area contributed by atoms with Crippen molar-refractivity contribution < 1.29 is 9.59 Å². The van der Waals surface area contributed by atoms with Gasteiger partial charge in [-0.3, -0.25) is 9.59 Å². The zero-order valence-electron chi connectivity index (χ0n) is 11.4. The molecule has 1 fully saturated rings. The molecular formula is C12H22ClN3O2. The molecule has 2 amide bonds. The fraction of sp³-hybridized carbons (Fsp3) is 0.833. The molecule has 18 heavy (non-hydrogen) atoms. The molecular weight excluding hydrogens is 254 g/mol. The van der Waals surface area contributed by atoms with Gasteiger partial charge in [-0.25, -0.2) is 0 Å². The van der Waals surface area contributed by atoms with Gasteiger partial charge < -0.3 is 14.7 Å². The number of piperazine rings is 1. The summed E-state index contributed by atoms with van der Waals surface area (Å²) < 4.78 is 0. The lowest BCUT2D eigenvalue weighted by Gasteiger charge is -2.36. The van der Waals surface area contributed by atoms with Crippen molar-refractivity contribution in [2.24, 2.45) is 5.92 Å². The topological polar surface area (TPSA) is 43.9 Å². The van der Waals surface area contributed by atoms with E-state index in [9.17, 15) is 9.59 Å². The molecule has 1 rings (SSSR count). The molecule has 0 aromatic carbocycles. The van der Waals surface area contributed by atoms with Gasteiger partial charge in [0.25, 0.3) is 0 Å². The molecule has 0 N–H and O–H groups in total. The van der Waals surface area contributed by atoms with Gasteiger partial charge in [0.05, 0.1) is 6.54 Å². The van der Waals surface area contributed by atoms with Gasteiger partial charge in [0.15, 0.2) is 0 Å². The molecule has 0 bridgehead atoms. The molecule has 0 aromatic heterocycles. The minimum Gasteiger partial charge on any atom is -0.339 e. The smallest absolute Gasteiger partial charge is 0.236 e. The number of hydrogen-bond acceptors (Lipinski definition) is 3. The van der Waals surface area contributed by atoms with Gasteiger partial charge in [-0.2, -0.15) is 0 Å². The van der Waals surface area contributed by atoms with Gasteiger partial charge in [0, 0.05) is 38.0 Å². The van der Waals surface area contributed by atoms with Crippen molar-refractivity contribution in [3.05, 3.63) is 0 Å². The van der Waals surface area contributed by atoms with E-state index in [0.29, 0.717) is 38.6 Å². The molecule has 0 spiro atoms. The van der Waals surface area contributed by atoms with E-state index in [4.69, 9.17) is 11.6 Å². The summed E-state index contributed by atoms with van der Waals surface area (Å²) >= 11 is 5.68. The van der Waals surface area contributed by atoms with E-state index in [1.54, 1.807) is 4.90 Å². The Morgan fingerprint density at radius 1 is 1.17 bits per heavy atom. The number of carbonyl (C=O) groups excluding carboxylic acids is 2. The van der Waals surface area contributed by atoms with Crippen LogP contribution in [0.5, 0.6) is 0 Å². The zero-order chi connectivity index (χ0) is 13.7. The minimum absolute atomic E-state index is 0.0877. The second kappa shape index (κ2) is 6.95. The Kier molecular flexibility index (Phi) is 5.88. The Bertz CT molecular complexity index is 302. The third kappa shape index (κ3) is 4.14. The Labute approximate surface area is 114 Å². The van der Waals surface area contributed by atoms with Crippen LogP contribution in [0.3, 0.4) is 0 Å². The number of rotatable bonds is 4. The van der Waals surface area contributed by atoms with Crippen LogP contribution in [0.1, 0.15) is 6.92 Å². The highest BCUT2D eigenvalue weighted by Gasteiger charge is 2.26. The lowest BCUT2D eigenvalue weighted by atomic mass is 10.1. The van der Waals surface area contributed by atoms with Crippen LogP contribution in [0.4, 0.5) is 0 Å². The molecule has 6 heteroatoms. The Hall–Kier alpha value is -0.810. The molecule has 1 atom stereocenters. The Morgan fingerprint density at radius 2 is 1.67 bits per heavy atom. The third-order valence-electron chi connectivity index (χ3n) is 3.05. The first-order valence-electron chi connectivity index (χ1n) is 6.23. The number of nitrogens with zero attached hydrogens (tertiary/aromatic N) is 3. The fourth-order valence-corrected chi connectivity index (χ4v) is 2.06. The van der Waals surface area contributed by atoms with Crippen molar-refractivity contribution in [1.82, 2.24) is 14.7 Å². The molecule has 0 aliphatic carbocycles. The predicted octanol–water partition coefficient (Wildman–Crippen LogP) is 0.0937. The lowest BCUT2D eigenvalue weighted by molar-refractivity contribution is -0.141. The first kappa shape index (κ1) is 15.2. The van der Waals surface area contributed by atoms with Gasteiger partial charge in [-0.1, -0.05) is 6.92 Å². The third-order valence-corrected chi connectivity index (χ3v) is 3.51. The van der Waals surface area contributed by atoms with Crippen LogP contribution in [0.15, 0.2) is 0 Å². The maximum atomic E-state index is 11.9. The standard InChI is InChI=1S/C12H22ClN3O2/c1-10(8-13)12(18)16-6-4-15(5-7-16)11(17)9-14(2)3/h10H,4-9H2,1-3H3. The maximum absolute atomic E-state index is 11.9. The van der Waals surface area contributed by atoms with E-state index in [2.05, 4.69) is 0 Å². The summed E-state index contributed by atoms with van der Waals surface area (Å²) in [7, 11) is 3.75. The summed E-state index contributed by atoms with van der Waals surface area (Å²) in [4.78, 5) is 29.2. The average molecular weight is 276 g/mol. The molecule has 1 unspecified atom stereocenters. The van der Waals surface area contributed by atoms with E-state index in [1.165, 1.54) is 0 Å². The summed E-state index contributed by atoms with van der Waals surface area (Å²) in [5.74, 6) is 0.413. The van der Waals surface area contributed by atoms with Gasteiger partial charge >= 0.3 is 0 Å². The number of hydrogen-bond donors (Lipinski definition) is 0. The number of likely N-dealkylation sites (N-methyl/N-ethyl adjacent to an activating group) is 1. The van der Waals surface area contributed by atoms with Gasteiger partial charge in [-0.15, -0.1) is 11.6 Å². The van der Waals surface area contributed by atoms with Crippen molar-refractivity contribution in [1.29, 1.82) is 0 Å². The highest BCUT2D eigenvalue weighted by Crippen LogP contribution is 2.09. The molecule has 0 saturated carbocycles. The van der Waals surface area contributed by atoms with Crippen LogP contribution < -0.4 is 0 Å². The maximum Gasteiger partial charge on any atom is 0.236 e. The molecule has 104 valence electrons. The van der Waals surface area contributed by atoms with Gasteiger partial charge in [0.1, 0.15) is 0 Å². The Morgan fingerprint density at radius 3 is 2.11 bits per heavy atom. The largest absolute Gasteiger partial charge is 0.339 e. The first-order chi connectivity index (χ1) is 8.45. The second-order valence-corrected chi connectivity index (χ2v) is 5.31. The minimum atomic E-state index is -0.143. The number of amides is 2. The quantitative estimate of drug-likeness (QED) is 0.684. The SMILES string of the molecule is CC(CCl)C(=O)N1CCN(C(=O)CN(C)C)CC1. The molecule has 1 saturated heterocycles. The van der Waals surface area contributed by atoms with Crippen LogP contribution >= 0.6 is 11.6 Å². The van der Waals surface area contributed by atoms with Crippen molar-refractivity contribution in [2.45, 2.75) is 6.92 Å². The molecule has 1 aliphatic rings. The monoisotopic (exact) mass is 275 g/mol. The van der Waals surface area contributed by atoms with E-state index >= 15 is 0 Å². The summed E-state index contributed by atoms with van der Waals surface area (Å²) in [6, 6.07) is 0. The van der Waals surface area contributed by atoms with Gasteiger partial charge in [0.2, 0.25) is 11.8 Å². The van der Waals surface area contributed by atoms with E-state index in [-0.39, 0.29) is 17.7 Å². The van der Waals surface area contributed by atoms with Crippen LogP contribution in [0.25, 0.3) is 0 Å². The van der Waals surface area contributed by atoms with Crippen molar-refractivity contribution in [3.8, 4) is 0 Å². The lowest BCUT2D eigenvalue weighted by Crippen LogP contribution is -2.53. The zero-order valence-corrected chi connectivity index (χ0v) is 12.1. The van der Waals surface area contributed by atoms with E-state index in [0.717, 1.165) is 0 Å². The number of alkyl halides is 1. The van der Waals surface area contributed by atoms with Crippen molar-refractivity contribution in [3.63, 3.8) is 0 Å². The van der Waals surface area contributed by atoms with Crippen LogP contribution in [0, 0.1) is 5.92 Å². The second-order valence-electron chi connectivity index (χ2n) is 5.00. The summed E-state index contributed by atoms with van der Waals surface area (Å²) in [5, 5.41) is 0. The van der Waals surface area contributed by atoms with Crippen LogP contribution in [-0.4, -0.2) is 79.2 Å². The fourth-order valence-electron chi connectivity index (χ4n) is 1.92. The summed E-state index contributed by atoms with van der Waals surface area (Å²) in [6.07, 6.45) is 0. The van der Waals surface area contributed by atoms with Crippen LogP contribution in [0.2, 0.25) is 0 Å². The van der Waals surface area contributed by atoms with Crippen LogP contribution in [-0.2, 0) is 9.59 Å². The summed E-state index contributed by atoms with van der Waals surface area (Å²) in [6.45, 7) is 4.71. The molecule has 0 radical (unpaired) electrons. The molecule has 0 aromatic rings. The average Bonchev–Trinajstić information content (AvgIpc) is 2.36. The molecule has 1 aliphatic heterocycles. The molecule has 5 nitrogen and oxygen atoms in total. The van der Waals surface area contributed by atoms with Gasteiger partial charge in [-0.05, 0) is 14.1 Å². The van der Waals surface area contributed by atoms with Crippen molar-refractivity contribution >= 4 is 23.4 Å². The normalized spacial score (nSPS) is 18.1. The number of carbonyl (C=O) groups is 2. The van der Waals surface area contributed by atoms with Crippen molar-refractivity contribution in [2.75, 3.05) is 52.7 Å². The van der Waals surface area contributed by atoms with E-state index < -0.39 is 0 Å². The number of halogens is 1.